The van der Waals surface area contributed by atoms with Crippen molar-refractivity contribution in [3.05, 3.63) is 59.1 Å². The highest BCUT2D eigenvalue weighted by Crippen LogP contribution is 2.18. The Morgan fingerprint density at radius 1 is 1.00 bits per heavy atom. The van der Waals surface area contributed by atoms with Crippen molar-refractivity contribution in [1.82, 2.24) is 10.2 Å². The van der Waals surface area contributed by atoms with Gasteiger partial charge in [0.1, 0.15) is 11.5 Å². The summed E-state index contributed by atoms with van der Waals surface area (Å²) in [6.07, 6.45) is 4.69. The van der Waals surface area contributed by atoms with E-state index in [-0.39, 0.29) is 12.5 Å². The van der Waals surface area contributed by atoms with E-state index in [4.69, 9.17) is 21.1 Å². The maximum absolute atomic E-state index is 11.8. The van der Waals surface area contributed by atoms with E-state index in [1.807, 2.05) is 12.1 Å². The molecule has 1 saturated heterocycles. The third-order valence-corrected chi connectivity index (χ3v) is 5.10. The molecule has 0 saturated carbocycles. The molecule has 0 spiro atoms. The third kappa shape index (κ3) is 7.95. The van der Waals surface area contributed by atoms with Crippen molar-refractivity contribution in [2.24, 2.45) is 0 Å². The number of carbonyl (C=O) groups excluding carboxylic acids is 1. The van der Waals surface area contributed by atoms with Crippen molar-refractivity contribution in [1.29, 1.82) is 0 Å². The number of benzene rings is 2. The minimum Gasteiger partial charge on any atom is -0.494 e. The quantitative estimate of drug-likeness (QED) is 0.587. The van der Waals surface area contributed by atoms with Gasteiger partial charge in [0, 0.05) is 18.1 Å². The normalized spacial score (nSPS) is 14.4. The van der Waals surface area contributed by atoms with Gasteiger partial charge in [0.05, 0.1) is 6.61 Å². The lowest BCUT2D eigenvalue weighted by atomic mass is 10.1. The lowest BCUT2D eigenvalue weighted by Gasteiger charge is -2.26. The van der Waals surface area contributed by atoms with Gasteiger partial charge in [-0.25, -0.2) is 0 Å². The Morgan fingerprint density at radius 3 is 2.59 bits per heavy atom. The smallest absolute Gasteiger partial charge is 0.257 e. The average Bonchev–Trinajstić information content (AvgIpc) is 2.74. The highest BCUT2D eigenvalue weighted by Gasteiger charge is 2.10. The molecule has 1 aliphatic heterocycles. The van der Waals surface area contributed by atoms with Crippen molar-refractivity contribution >= 4 is 17.5 Å². The van der Waals surface area contributed by atoms with Gasteiger partial charge in [-0.2, -0.15) is 0 Å². The Morgan fingerprint density at radius 2 is 1.79 bits per heavy atom. The number of nitrogens with zero attached hydrogens (tertiary/aromatic N) is 1. The number of nitrogens with one attached hydrogen (secondary N) is 1. The van der Waals surface area contributed by atoms with E-state index in [0.29, 0.717) is 23.9 Å². The number of likely N-dealkylation sites (tertiary alicyclic amines) is 1. The molecule has 1 heterocycles. The number of amides is 1. The van der Waals surface area contributed by atoms with E-state index in [1.165, 1.54) is 37.9 Å². The van der Waals surface area contributed by atoms with Gasteiger partial charge in [0.15, 0.2) is 6.61 Å². The molecular weight excluding hydrogens is 388 g/mol. The zero-order valence-electron chi connectivity index (χ0n) is 16.7. The summed E-state index contributed by atoms with van der Waals surface area (Å²) in [7, 11) is 0. The van der Waals surface area contributed by atoms with Crippen LogP contribution in [0, 0.1) is 0 Å². The Balaban J connectivity index is 1.29. The molecule has 0 unspecified atom stereocenters. The van der Waals surface area contributed by atoms with Crippen LogP contribution in [0.25, 0.3) is 0 Å². The fourth-order valence-corrected chi connectivity index (χ4v) is 3.46. The van der Waals surface area contributed by atoms with Crippen molar-refractivity contribution in [2.45, 2.75) is 32.2 Å². The van der Waals surface area contributed by atoms with Gasteiger partial charge in [0.2, 0.25) is 0 Å². The summed E-state index contributed by atoms with van der Waals surface area (Å²) in [5, 5.41) is 3.48. The van der Waals surface area contributed by atoms with Crippen LogP contribution in [0.4, 0.5) is 0 Å². The van der Waals surface area contributed by atoms with Gasteiger partial charge in [-0.3, -0.25) is 9.69 Å². The summed E-state index contributed by atoms with van der Waals surface area (Å²) in [4.78, 5) is 14.3. The van der Waals surface area contributed by atoms with Crippen LogP contribution in [0.1, 0.15) is 31.2 Å². The minimum atomic E-state index is -0.150. The number of piperidine rings is 1. The monoisotopic (exact) mass is 416 g/mol. The van der Waals surface area contributed by atoms with E-state index < -0.39 is 0 Å². The molecule has 5 nitrogen and oxygen atoms in total. The molecule has 6 heteroatoms. The molecule has 0 bridgehead atoms. The van der Waals surface area contributed by atoms with Crippen molar-refractivity contribution in [3.8, 4) is 11.5 Å². The summed E-state index contributed by atoms with van der Waals surface area (Å²) < 4.78 is 11.3. The van der Waals surface area contributed by atoms with Crippen LogP contribution in [0.2, 0.25) is 5.02 Å². The molecule has 29 heavy (non-hydrogen) atoms. The molecule has 0 aliphatic carbocycles. The molecule has 156 valence electrons. The van der Waals surface area contributed by atoms with Gasteiger partial charge in [0.25, 0.3) is 5.91 Å². The highest BCUT2D eigenvalue weighted by atomic mass is 35.5. The zero-order chi connectivity index (χ0) is 20.3. The third-order valence-electron chi connectivity index (χ3n) is 4.85. The van der Waals surface area contributed by atoms with Crippen LogP contribution in [0.3, 0.4) is 0 Å². The molecule has 0 aromatic heterocycles. The van der Waals surface area contributed by atoms with Gasteiger partial charge in [-0.1, -0.05) is 30.2 Å². The van der Waals surface area contributed by atoms with E-state index in [1.54, 1.807) is 24.3 Å². The van der Waals surface area contributed by atoms with E-state index in [9.17, 15) is 4.79 Å². The first-order valence-electron chi connectivity index (χ1n) is 10.3. The first-order valence-corrected chi connectivity index (χ1v) is 10.7. The SMILES string of the molecule is O=C(COc1ccc(Cl)cc1)NCCCOc1cccc(CN2CCCCC2)c1. The molecule has 1 fully saturated rings. The second-order valence-electron chi connectivity index (χ2n) is 7.28. The molecule has 0 radical (unpaired) electrons. The predicted molar refractivity (Wildman–Crippen MR) is 116 cm³/mol. The second-order valence-corrected chi connectivity index (χ2v) is 7.72. The standard InChI is InChI=1S/C23H29ClN2O3/c24-20-8-10-21(11-9-20)29-18-23(27)25-12-5-15-28-22-7-4-6-19(16-22)17-26-13-2-1-3-14-26/h4,6-11,16H,1-3,5,12-15,17-18H2,(H,25,27). The van der Waals surface area contributed by atoms with Crippen molar-refractivity contribution in [3.63, 3.8) is 0 Å². The summed E-state index contributed by atoms with van der Waals surface area (Å²) in [5.41, 5.74) is 1.29. The van der Waals surface area contributed by atoms with Crippen molar-refractivity contribution in [2.75, 3.05) is 32.8 Å². The number of hydrogen-bond acceptors (Lipinski definition) is 4. The number of rotatable bonds is 10. The Kier molecular flexibility index (Phi) is 8.65. The van der Waals surface area contributed by atoms with Crippen LogP contribution in [0.5, 0.6) is 11.5 Å². The van der Waals surface area contributed by atoms with Crippen LogP contribution in [-0.4, -0.2) is 43.7 Å². The molecule has 3 rings (SSSR count). The Hall–Kier alpha value is -2.24. The van der Waals surface area contributed by atoms with E-state index in [0.717, 1.165) is 18.7 Å². The Bertz CT molecular complexity index is 761. The number of carbonyl (C=O) groups is 1. The maximum Gasteiger partial charge on any atom is 0.257 e. The Labute approximate surface area is 177 Å². The van der Waals surface area contributed by atoms with E-state index >= 15 is 0 Å². The summed E-state index contributed by atoms with van der Waals surface area (Å²) in [6.45, 7) is 4.46. The van der Waals surface area contributed by atoms with Crippen LogP contribution >= 0.6 is 11.6 Å². The fraction of sp³-hybridized carbons (Fsp3) is 0.435. The van der Waals surface area contributed by atoms with Gasteiger partial charge >= 0.3 is 0 Å². The molecule has 0 atom stereocenters. The molecule has 1 amide bonds. The average molecular weight is 417 g/mol. The molecule has 1 aliphatic rings. The van der Waals surface area contributed by atoms with E-state index in [2.05, 4.69) is 22.3 Å². The first-order chi connectivity index (χ1) is 14.2. The molecular formula is C23H29ClN2O3. The summed E-state index contributed by atoms with van der Waals surface area (Å²) in [5.74, 6) is 1.36. The first kappa shape index (κ1) is 21.5. The van der Waals surface area contributed by atoms with Crippen LogP contribution in [0.15, 0.2) is 48.5 Å². The fourth-order valence-electron chi connectivity index (χ4n) is 3.33. The van der Waals surface area contributed by atoms with Crippen molar-refractivity contribution < 1.29 is 14.3 Å². The summed E-state index contributed by atoms with van der Waals surface area (Å²) >= 11 is 5.82. The van der Waals surface area contributed by atoms with Crippen LogP contribution in [-0.2, 0) is 11.3 Å². The highest BCUT2D eigenvalue weighted by molar-refractivity contribution is 6.30. The van der Waals surface area contributed by atoms with Gasteiger partial charge in [-0.05, 0) is 74.3 Å². The lowest BCUT2D eigenvalue weighted by molar-refractivity contribution is -0.123. The number of ether oxygens (including phenoxy) is 2. The zero-order valence-corrected chi connectivity index (χ0v) is 17.5. The molecule has 2 aromatic carbocycles. The second kappa shape index (κ2) is 11.7. The predicted octanol–water partition coefficient (Wildman–Crippen LogP) is 4.29. The largest absolute Gasteiger partial charge is 0.494 e. The topological polar surface area (TPSA) is 50.8 Å². The van der Waals surface area contributed by atoms with Crippen LogP contribution < -0.4 is 14.8 Å². The number of hydrogen-bond donors (Lipinski definition) is 1. The van der Waals surface area contributed by atoms with Gasteiger partial charge < -0.3 is 14.8 Å². The van der Waals surface area contributed by atoms with Gasteiger partial charge in [-0.15, -0.1) is 0 Å². The molecule has 1 N–H and O–H groups in total. The summed E-state index contributed by atoms with van der Waals surface area (Å²) in [6, 6.07) is 15.2. The number of halogens is 1. The maximum atomic E-state index is 11.8. The molecule has 2 aromatic rings. The lowest BCUT2D eigenvalue weighted by Crippen LogP contribution is -2.30. The minimum absolute atomic E-state index is 0.0129.